The third-order valence-corrected chi connectivity index (χ3v) is 2.17. The molecular weight excluding hydrogens is 279 g/mol. The van der Waals surface area contributed by atoms with Crippen LogP contribution in [0.15, 0.2) is 10.7 Å². The van der Waals surface area contributed by atoms with E-state index in [9.17, 15) is 18.0 Å². The predicted octanol–water partition coefficient (Wildman–Crippen LogP) is 2.71. The summed E-state index contributed by atoms with van der Waals surface area (Å²) >= 11 is 2.78. The molecule has 0 N–H and O–H groups in total. The number of esters is 1. The molecule has 15 heavy (non-hydrogen) atoms. The Kier molecular flexibility index (Phi) is 3.67. The molecule has 3 nitrogen and oxygen atoms in total. The van der Waals surface area contributed by atoms with Gasteiger partial charge in [0.05, 0.1) is 12.7 Å². The largest absolute Gasteiger partial charge is 0.465 e. The fourth-order valence-corrected chi connectivity index (χ4v) is 1.35. The van der Waals surface area contributed by atoms with Gasteiger partial charge in [0.15, 0.2) is 5.82 Å². The van der Waals surface area contributed by atoms with Crippen molar-refractivity contribution in [1.82, 2.24) is 4.98 Å². The summed E-state index contributed by atoms with van der Waals surface area (Å²) in [6, 6.07) is 0.657. The van der Waals surface area contributed by atoms with Crippen molar-refractivity contribution in [3.05, 3.63) is 27.7 Å². The van der Waals surface area contributed by atoms with E-state index in [-0.39, 0.29) is 10.2 Å². The van der Waals surface area contributed by atoms with Gasteiger partial charge in [-0.05, 0) is 22.0 Å². The highest BCUT2D eigenvalue weighted by Gasteiger charge is 2.21. The minimum absolute atomic E-state index is 0.175. The molecule has 82 valence electrons. The average molecular weight is 284 g/mol. The van der Waals surface area contributed by atoms with Gasteiger partial charge < -0.3 is 4.74 Å². The zero-order valence-electron chi connectivity index (χ0n) is 7.43. The van der Waals surface area contributed by atoms with Crippen molar-refractivity contribution >= 4 is 21.9 Å². The van der Waals surface area contributed by atoms with Gasteiger partial charge >= 0.3 is 5.97 Å². The van der Waals surface area contributed by atoms with Crippen LogP contribution in [0.25, 0.3) is 0 Å². The molecule has 1 rings (SSSR count). The van der Waals surface area contributed by atoms with Crippen molar-refractivity contribution in [3.8, 4) is 0 Å². The molecule has 0 saturated heterocycles. The fraction of sp³-hybridized carbons (Fsp3) is 0.250. The lowest BCUT2D eigenvalue weighted by Gasteiger charge is -2.05. The van der Waals surface area contributed by atoms with Crippen LogP contribution in [0.4, 0.5) is 13.2 Å². The second-order valence-corrected chi connectivity index (χ2v) is 3.24. The second kappa shape index (κ2) is 4.61. The molecular formula is C8H5BrF3NO2. The third-order valence-electron chi connectivity index (χ3n) is 1.57. The zero-order chi connectivity index (χ0) is 11.6. The lowest BCUT2D eigenvalue weighted by atomic mass is 10.2. The molecule has 0 aliphatic carbocycles. The van der Waals surface area contributed by atoms with Crippen molar-refractivity contribution in [2.75, 3.05) is 7.11 Å². The smallest absolute Gasteiger partial charge is 0.340 e. The minimum Gasteiger partial charge on any atom is -0.465 e. The number of aromatic nitrogens is 1. The van der Waals surface area contributed by atoms with E-state index in [1.807, 2.05) is 0 Å². The van der Waals surface area contributed by atoms with Crippen LogP contribution < -0.4 is 0 Å². The van der Waals surface area contributed by atoms with Gasteiger partial charge in [0.1, 0.15) is 10.3 Å². The number of methoxy groups -OCH3 is 1. The van der Waals surface area contributed by atoms with Gasteiger partial charge in [-0.25, -0.2) is 22.9 Å². The summed E-state index contributed by atoms with van der Waals surface area (Å²) in [7, 11) is 1.09. The molecule has 0 aromatic carbocycles. The van der Waals surface area contributed by atoms with Crippen molar-refractivity contribution in [1.29, 1.82) is 0 Å². The Morgan fingerprint density at radius 2 is 2.20 bits per heavy atom. The zero-order valence-corrected chi connectivity index (χ0v) is 9.02. The third kappa shape index (κ3) is 2.47. The molecule has 7 heteroatoms. The van der Waals surface area contributed by atoms with Gasteiger partial charge in [0.25, 0.3) is 6.43 Å². The Morgan fingerprint density at radius 1 is 1.60 bits per heavy atom. The number of nitrogens with zero attached hydrogens (tertiary/aromatic N) is 1. The summed E-state index contributed by atoms with van der Waals surface area (Å²) in [6.45, 7) is 0. The van der Waals surface area contributed by atoms with Gasteiger partial charge in [-0.2, -0.15) is 0 Å². The Bertz CT molecular complexity index is 398. The van der Waals surface area contributed by atoms with Crippen LogP contribution in [0.1, 0.15) is 22.5 Å². The first-order chi connectivity index (χ1) is 6.97. The Morgan fingerprint density at radius 3 is 2.67 bits per heavy atom. The maximum Gasteiger partial charge on any atom is 0.340 e. The monoisotopic (exact) mass is 283 g/mol. The van der Waals surface area contributed by atoms with Gasteiger partial charge in [0.2, 0.25) is 0 Å². The van der Waals surface area contributed by atoms with Crippen LogP contribution >= 0.6 is 15.9 Å². The number of halogens is 4. The number of pyridine rings is 1. The number of rotatable bonds is 2. The minimum atomic E-state index is -3.03. The number of ether oxygens (including phenoxy) is 1. The van der Waals surface area contributed by atoms with Gasteiger partial charge in [0, 0.05) is 0 Å². The van der Waals surface area contributed by atoms with E-state index < -0.39 is 23.9 Å². The number of hydrogen-bond acceptors (Lipinski definition) is 3. The molecule has 0 aliphatic heterocycles. The molecule has 0 radical (unpaired) electrons. The van der Waals surface area contributed by atoms with E-state index in [0.717, 1.165) is 7.11 Å². The van der Waals surface area contributed by atoms with Crippen LogP contribution in [-0.2, 0) is 4.74 Å². The van der Waals surface area contributed by atoms with E-state index in [1.54, 1.807) is 0 Å². The Labute approximate surface area is 91.4 Å². The first-order valence-corrected chi connectivity index (χ1v) is 4.49. The summed E-state index contributed by atoms with van der Waals surface area (Å²) in [6.07, 6.45) is -3.03. The number of hydrogen-bond donors (Lipinski definition) is 0. The maximum atomic E-state index is 13.0. The SMILES string of the molecule is COC(=O)c1cc(F)c(C(F)F)nc1Br. The lowest BCUT2D eigenvalue weighted by Crippen LogP contribution is -2.07. The van der Waals surface area contributed by atoms with E-state index in [4.69, 9.17) is 0 Å². The van der Waals surface area contributed by atoms with Gasteiger partial charge in [-0.1, -0.05) is 0 Å². The Balaban J connectivity index is 3.25. The molecule has 0 amide bonds. The highest BCUT2D eigenvalue weighted by Crippen LogP contribution is 2.25. The highest BCUT2D eigenvalue weighted by atomic mass is 79.9. The highest BCUT2D eigenvalue weighted by molar-refractivity contribution is 9.10. The van der Waals surface area contributed by atoms with E-state index in [0.29, 0.717) is 6.07 Å². The normalized spacial score (nSPS) is 10.5. The molecule has 0 fully saturated rings. The summed E-state index contributed by atoms with van der Waals surface area (Å²) < 4.78 is 41.5. The number of carbonyl (C=O) groups excluding carboxylic acids is 1. The molecule has 1 aromatic heterocycles. The van der Waals surface area contributed by atoms with Crippen LogP contribution in [0.3, 0.4) is 0 Å². The quantitative estimate of drug-likeness (QED) is 0.619. The number of alkyl halides is 2. The first-order valence-electron chi connectivity index (χ1n) is 3.69. The molecule has 0 bridgehead atoms. The lowest BCUT2D eigenvalue weighted by molar-refractivity contribution is 0.0597. The van der Waals surface area contributed by atoms with E-state index in [2.05, 4.69) is 25.7 Å². The fourth-order valence-electron chi connectivity index (χ4n) is 0.886. The molecule has 0 unspecified atom stereocenters. The summed E-state index contributed by atoms with van der Waals surface area (Å²) in [4.78, 5) is 14.3. The van der Waals surface area contributed by atoms with Gasteiger partial charge in [-0.15, -0.1) is 0 Å². The van der Waals surface area contributed by atoms with Crippen LogP contribution in [0.5, 0.6) is 0 Å². The van der Waals surface area contributed by atoms with Crippen molar-refractivity contribution in [3.63, 3.8) is 0 Å². The molecule has 1 heterocycles. The molecule has 0 aliphatic rings. The van der Waals surface area contributed by atoms with Crippen LogP contribution in [-0.4, -0.2) is 18.1 Å². The van der Waals surface area contributed by atoms with Crippen LogP contribution in [0, 0.1) is 5.82 Å². The van der Waals surface area contributed by atoms with Gasteiger partial charge in [-0.3, -0.25) is 0 Å². The topological polar surface area (TPSA) is 39.2 Å². The predicted molar refractivity (Wildman–Crippen MR) is 48.2 cm³/mol. The average Bonchev–Trinajstić information content (AvgIpc) is 2.19. The van der Waals surface area contributed by atoms with E-state index >= 15 is 0 Å². The first kappa shape index (κ1) is 12.0. The Hall–Kier alpha value is -1.11. The van der Waals surface area contributed by atoms with E-state index in [1.165, 1.54) is 0 Å². The van der Waals surface area contributed by atoms with Crippen molar-refractivity contribution in [2.24, 2.45) is 0 Å². The second-order valence-electron chi connectivity index (χ2n) is 2.49. The summed E-state index contributed by atoms with van der Waals surface area (Å²) in [5.74, 6) is -2.09. The number of carbonyl (C=O) groups is 1. The molecule has 0 spiro atoms. The van der Waals surface area contributed by atoms with Crippen molar-refractivity contribution in [2.45, 2.75) is 6.43 Å². The maximum absolute atomic E-state index is 13.0. The molecule has 0 atom stereocenters. The van der Waals surface area contributed by atoms with Crippen LogP contribution in [0.2, 0.25) is 0 Å². The molecule has 1 aromatic rings. The van der Waals surface area contributed by atoms with Crippen molar-refractivity contribution < 1.29 is 22.7 Å². The molecule has 0 saturated carbocycles. The summed E-state index contributed by atoms with van der Waals surface area (Å²) in [5, 5.41) is 0. The standard InChI is InChI=1S/C8H5BrF3NO2/c1-15-8(14)3-2-4(10)5(7(11)12)13-6(3)9/h2,7H,1H3. The summed E-state index contributed by atoms with van der Waals surface area (Å²) in [5.41, 5.74) is -1.24.